The number of hydrogen-bond donors (Lipinski definition) is 0. The highest BCUT2D eigenvalue weighted by Gasteiger charge is 1.93. The van der Waals surface area contributed by atoms with Crippen LogP contribution in [0, 0.1) is 5.92 Å². The molecule has 0 heterocycles. The van der Waals surface area contributed by atoms with Crippen LogP contribution in [0.3, 0.4) is 0 Å². The van der Waals surface area contributed by atoms with Gasteiger partial charge in [0.15, 0.2) is 0 Å². The van der Waals surface area contributed by atoms with E-state index in [4.69, 9.17) is 0 Å². The Morgan fingerprint density at radius 1 is 1.31 bits per heavy atom. The van der Waals surface area contributed by atoms with Crippen molar-refractivity contribution >= 4 is 6.21 Å². The Morgan fingerprint density at radius 3 is 2.62 bits per heavy atom. The van der Waals surface area contributed by atoms with Gasteiger partial charge in [0, 0.05) is 12.8 Å². The quantitative estimate of drug-likeness (QED) is 0.623. The van der Waals surface area contributed by atoms with Crippen LogP contribution < -0.4 is 0 Å². The van der Waals surface area contributed by atoms with Crippen molar-refractivity contribution in [1.82, 2.24) is 0 Å². The van der Waals surface area contributed by atoms with Gasteiger partial charge in [0.1, 0.15) is 0 Å². The molecule has 0 radical (unpaired) electrons. The van der Waals surface area contributed by atoms with E-state index >= 15 is 0 Å². The van der Waals surface area contributed by atoms with Crippen LogP contribution in [0.2, 0.25) is 0 Å². The fraction of sp³-hybridized carbons (Fsp3) is 0.417. The molecule has 0 bridgehead atoms. The molecule has 1 heteroatoms. The van der Waals surface area contributed by atoms with Gasteiger partial charge in [0.25, 0.3) is 0 Å². The zero-order valence-electron chi connectivity index (χ0n) is 8.40. The number of hydrogen-bond acceptors (Lipinski definition) is 1. The minimum Gasteiger partial charge on any atom is -0.292 e. The van der Waals surface area contributed by atoms with E-state index in [-0.39, 0.29) is 0 Å². The molecule has 0 N–H and O–H groups in total. The molecule has 0 aromatic heterocycles. The van der Waals surface area contributed by atoms with Gasteiger partial charge >= 0.3 is 0 Å². The number of aliphatic imine (C=N–C) groups is 1. The van der Waals surface area contributed by atoms with Crippen LogP contribution in [0.5, 0.6) is 0 Å². The lowest BCUT2D eigenvalue weighted by atomic mass is 10.1. The van der Waals surface area contributed by atoms with Crippen LogP contribution in [-0.2, 0) is 0 Å². The van der Waals surface area contributed by atoms with Crippen LogP contribution >= 0.6 is 0 Å². The maximum atomic E-state index is 4.39. The van der Waals surface area contributed by atoms with Crippen molar-refractivity contribution in [2.24, 2.45) is 10.9 Å². The molecule has 1 rings (SSSR count). The van der Waals surface area contributed by atoms with Gasteiger partial charge in [-0.1, -0.05) is 50.6 Å². The predicted molar refractivity (Wildman–Crippen MR) is 58.4 cm³/mol. The molecule has 1 unspecified atom stereocenters. The van der Waals surface area contributed by atoms with E-state index in [0.717, 1.165) is 6.54 Å². The highest BCUT2D eigenvalue weighted by molar-refractivity contribution is 5.79. The van der Waals surface area contributed by atoms with Crippen molar-refractivity contribution in [3.05, 3.63) is 35.9 Å². The fourth-order valence-corrected chi connectivity index (χ4v) is 1.01. The van der Waals surface area contributed by atoms with E-state index in [9.17, 15) is 0 Å². The molecule has 0 aliphatic heterocycles. The molecular formula is C12H17N. The van der Waals surface area contributed by atoms with E-state index in [1.54, 1.807) is 0 Å². The molecule has 0 amide bonds. The summed E-state index contributed by atoms with van der Waals surface area (Å²) in [6.07, 6.45) is 3.15. The second-order valence-corrected chi connectivity index (χ2v) is 3.42. The zero-order chi connectivity index (χ0) is 9.52. The number of nitrogens with zero attached hydrogens (tertiary/aromatic N) is 1. The summed E-state index contributed by atoms with van der Waals surface area (Å²) < 4.78 is 0. The smallest absolute Gasteiger partial charge is 0.0415 e. The molecule has 0 spiro atoms. The first-order valence-electron chi connectivity index (χ1n) is 4.87. The highest BCUT2D eigenvalue weighted by Crippen LogP contribution is 2.00. The summed E-state index contributed by atoms with van der Waals surface area (Å²) in [5.74, 6) is 0.694. The SMILES string of the molecule is CCC(C)CN=Cc1ccccc1. The fourth-order valence-electron chi connectivity index (χ4n) is 1.01. The number of rotatable bonds is 4. The van der Waals surface area contributed by atoms with Crippen molar-refractivity contribution in [1.29, 1.82) is 0 Å². The van der Waals surface area contributed by atoms with Gasteiger partial charge in [-0.15, -0.1) is 0 Å². The average molecular weight is 175 g/mol. The standard InChI is InChI=1S/C12H17N/c1-3-11(2)9-13-10-12-7-5-4-6-8-12/h4-8,10-11H,3,9H2,1-2H3. The zero-order valence-corrected chi connectivity index (χ0v) is 8.40. The third kappa shape index (κ3) is 3.88. The molecule has 1 aromatic carbocycles. The van der Waals surface area contributed by atoms with E-state index in [2.05, 4.69) is 31.0 Å². The second-order valence-electron chi connectivity index (χ2n) is 3.42. The van der Waals surface area contributed by atoms with E-state index < -0.39 is 0 Å². The Bertz CT molecular complexity index is 251. The van der Waals surface area contributed by atoms with Crippen LogP contribution in [-0.4, -0.2) is 12.8 Å². The molecule has 1 nitrogen and oxygen atoms in total. The van der Waals surface area contributed by atoms with Crippen molar-refractivity contribution in [3.8, 4) is 0 Å². The van der Waals surface area contributed by atoms with Gasteiger partial charge in [0.05, 0.1) is 0 Å². The molecular weight excluding hydrogens is 158 g/mol. The van der Waals surface area contributed by atoms with Gasteiger partial charge in [-0.2, -0.15) is 0 Å². The van der Waals surface area contributed by atoms with E-state index in [1.807, 2.05) is 24.4 Å². The summed E-state index contributed by atoms with van der Waals surface area (Å²) in [4.78, 5) is 4.39. The molecule has 0 aliphatic carbocycles. The van der Waals surface area contributed by atoms with E-state index in [0.29, 0.717) is 5.92 Å². The summed E-state index contributed by atoms with van der Waals surface area (Å²) in [5, 5.41) is 0. The van der Waals surface area contributed by atoms with Crippen molar-refractivity contribution in [2.45, 2.75) is 20.3 Å². The Hall–Kier alpha value is -1.11. The van der Waals surface area contributed by atoms with E-state index in [1.165, 1.54) is 12.0 Å². The molecule has 1 atom stereocenters. The minimum absolute atomic E-state index is 0.694. The van der Waals surface area contributed by atoms with Gasteiger partial charge < -0.3 is 0 Å². The van der Waals surface area contributed by atoms with Gasteiger partial charge in [-0.3, -0.25) is 4.99 Å². The summed E-state index contributed by atoms with van der Waals surface area (Å²) >= 11 is 0. The van der Waals surface area contributed by atoms with Gasteiger partial charge in [0.2, 0.25) is 0 Å². The third-order valence-corrected chi connectivity index (χ3v) is 2.15. The van der Waals surface area contributed by atoms with Gasteiger partial charge in [-0.25, -0.2) is 0 Å². The Morgan fingerprint density at radius 2 is 2.00 bits per heavy atom. The minimum atomic E-state index is 0.694. The van der Waals surface area contributed by atoms with Crippen molar-refractivity contribution < 1.29 is 0 Å². The monoisotopic (exact) mass is 175 g/mol. The topological polar surface area (TPSA) is 12.4 Å². The molecule has 0 fully saturated rings. The molecule has 1 aromatic rings. The second kappa shape index (κ2) is 5.52. The molecule has 70 valence electrons. The average Bonchev–Trinajstić information content (AvgIpc) is 2.19. The lowest BCUT2D eigenvalue weighted by molar-refractivity contribution is 0.578. The lowest BCUT2D eigenvalue weighted by Gasteiger charge is -2.01. The molecule has 13 heavy (non-hydrogen) atoms. The first-order valence-corrected chi connectivity index (χ1v) is 4.87. The first-order chi connectivity index (χ1) is 6.33. The van der Waals surface area contributed by atoms with Crippen LogP contribution in [0.1, 0.15) is 25.8 Å². The van der Waals surface area contributed by atoms with Crippen molar-refractivity contribution in [2.75, 3.05) is 6.54 Å². The molecule has 0 aliphatic rings. The highest BCUT2D eigenvalue weighted by atomic mass is 14.7. The summed E-state index contributed by atoms with van der Waals surface area (Å²) in [7, 11) is 0. The van der Waals surface area contributed by atoms with Gasteiger partial charge in [-0.05, 0) is 11.5 Å². The lowest BCUT2D eigenvalue weighted by Crippen LogP contribution is -1.96. The maximum Gasteiger partial charge on any atom is 0.0415 e. The first kappa shape index (κ1) is 9.97. The predicted octanol–water partition coefficient (Wildman–Crippen LogP) is 3.15. The molecule has 0 saturated heterocycles. The summed E-state index contributed by atoms with van der Waals surface area (Å²) in [6, 6.07) is 10.2. The summed E-state index contributed by atoms with van der Waals surface area (Å²) in [6.45, 7) is 5.36. The Kier molecular flexibility index (Phi) is 4.24. The number of benzene rings is 1. The Balaban J connectivity index is 2.41. The van der Waals surface area contributed by atoms with Crippen molar-refractivity contribution in [3.63, 3.8) is 0 Å². The third-order valence-electron chi connectivity index (χ3n) is 2.15. The largest absolute Gasteiger partial charge is 0.292 e. The normalized spacial score (nSPS) is 13.4. The Labute approximate surface area is 80.5 Å². The van der Waals surface area contributed by atoms with Crippen LogP contribution in [0.4, 0.5) is 0 Å². The van der Waals surface area contributed by atoms with Crippen LogP contribution in [0.25, 0.3) is 0 Å². The summed E-state index contributed by atoms with van der Waals surface area (Å²) in [5.41, 5.74) is 1.19. The maximum absolute atomic E-state index is 4.39. The van der Waals surface area contributed by atoms with Crippen LogP contribution in [0.15, 0.2) is 35.3 Å². The molecule has 0 saturated carbocycles.